The van der Waals surface area contributed by atoms with Gasteiger partial charge in [-0.3, -0.25) is 0 Å². The molecular weight excluding hydrogens is 836 g/mol. The van der Waals surface area contributed by atoms with E-state index in [0.29, 0.717) is 0 Å². The van der Waals surface area contributed by atoms with Crippen molar-refractivity contribution in [2.75, 3.05) is 0 Å². The molecule has 0 aliphatic heterocycles. The number of para-hydroxylation sites is 2. The zero-order chi connectivity index (χ0) is 38.7. The fourth-order valence-electron chi connectivity index (χ4n) is 9.03. The molecule has 0 N–H and O–H groups in total. The molecule has 0 aliphatic rings. The lowest BCUT2D eigenvalue weighted by molar-refractivity contribution is 1.15. The van der Waals surface area contributed by atoms with Gasteiger partial charge in [-0.1, -0.05) is 177 Å². The quantitative estimate of drug-likeness (QED) is 0.164. The topological polar surface area (TPSA) is 9.86 Å². The maximum atomic E-state index is 3.86. The van der Waals surface area contributed by atoms with Gasteiger partial charge in [0.25, 0.3) is 0 Å². The van der Waals surface area contributed by atoms with Crippen LogP contribution in [0, 0.1) is 0 Å². The van der Waals surface area contributed by atoms with Gasteiger partial charge in [0.15, 0.2) is 0 Å². The molecule has 0 fully saturated rings. The van der Waals surface area contributed by atoms with Crippen molar-refractivity contribution in [1.82, 2.24) is 9.13 Å². The minimum atomic E-state index is 1.02. The Hall–Kier alpha value is -6.46. The Bertz CT molecular complexity index is 3380. The maximum absolute atomic E-state index is 3.86. The Balaban J connectivity index is 1.57. The van der Waals surface area contributed by atoms with Crippen molar-refractivity contribution in [3.8, 4) is 11.4 Å². The maximum Gasteiger partial charge on any atom is 0.0561 e. The highest BCUT2D eigenvalue weighted by atomic mass is 79.9. The van der Waals surface area contributed by atoms with Gasteiger partial charge >= 0.3 is 0 Å². The van der Waals surface area contributed by atoms with Crippen molar-refractivity contribution in [2.45, 2.75) is 0 Å². The first-order valence-corrected chi connectivity index (χ1v) is 21.1. The summed E-state index contributed by atoms with van der Waals surface area (Å²) < 4.78 is 6.97. The minimum Gasteiger partial charge on any atom is -0.309 e. The summed E-state index contributed by atoms with van der Waals surface area (Å²) in [6, 6.07) is 75.5. The zero-order valence-corrected chi connectivity index (χ0v) is 34.5. The van der Waals surface area contributed by atoms with Crippen LogP contribution in [0.15, 0.2) is 215 Å². The molecule has 0 bridgehead atoms. The van der Waals surface area contributed by atoms with Crippen LogP contribution < -0.4 is 0 Å². The van der Waals surface area contributed by atoms with Crippen molar-refractivity contribution in [3.63, 3.8) is 0 Å². The third-order valence-corrected chi connectivity index (χ3v) is 12.5. The normalized spacial score (nSPS) is 11.6. The van der Waals surface area contributed by atoms with Gasteiger partial charge in [0, 0.05) is 41.9 Å². The summed E-state index contributed by atoms with van der Waals surface area (Å²) in [5, 5.41) is 14.2. The number of fused-ring (bicyclic) bond motifs is 14. The van der Waals surface area contributed by atoms with E-state index in [0.717, 1.165) is 53.2 Å². The Labute approximate surface area is 352 Å². The van der Waals surface area contributed by atoms with E-state index >= 15 is 0 Å². The van der Waals surface area contributed by atoms with Crippen LogP contribution in [0.2, 0.25) is 0 Å². The van der Waals surface area contributed by atoms with Gasteiger partial charge in [-0.05, 0) is 104 Å². The molecule has 0 atom stereocenters. The number of hydrogen-bond donors (Lipinski definition) is 0. The first kappa shape index (κ1) is 34.8. The highest BCUT2D eigenvalue weighted by Crippen LogP contribution is 2.40. The van der Waals surface area contributed by atoms with Crippen LogP contribution in [0.25, 0.3) is 98.1 Å². The largest absolute Gasteiger partial charge is 0.309 e. The SMILES string of the molecule is Brc1cccc(-n2c3ccccc3c3ccccc3c3ccccc3c3cc4c5ccccc5c5ccccc5c5ccccc5n(-c5cccc(Br)c5)c4cc32)c1. The number of halogens is 2. The molecule has 2 aromatic heterocycles. The van der Waals surface area contributed by atoms with Gasteiger partial charge in [-0.25, -0.2) is 0 Å². The first-order chi connectivity index (χ1) is 28.6. The summed E-state index contributed by atoms with van der Waals surface area (Å²) in [6.07, 6.45) is 0. The molecule has 11 aromatic rings. The molecule has 274 valence electrons. The molecular formula is C54H34Br2N2. The molecule has 0 radical (unpaired) electrons. The van der Waals surface area contributed by atoms with Gasteiger partial charge in [0.05, 0.1) is 22.1 Å². The van der Waals surface area contributed by atoms with E-state index in [2.05, 4.69) is 247 Å². The third kappa shape index (κ3) is 5.67. The van der Waals surface area contributed by atoms with Crippen LogP contribution in [-0.4, -0.2) is 9.13 Å². The molecule has 58 heavy (non-hydrogen) atoms. The van der Waals surface area contributed by atoms with E-state index in [-0.39, 0.29) is 0 Å². The van der Waals surface area contributed by atoms with Crippen LogP contribution in [0.5, 0.6) is 0 Å². The molecule has 2 nitrogen and oxygen atoms in total. The predicted octanol–water partition coefficient (Wildman–Crippen LogP) is 16.3. The smallest absolute Gasteiger partial charge is 0.0561 e. The molecule has 2 heterocycles. The number of nitrogens with zero attached hydrogens (tertiary/aromatic N) is 2. The van der Waals surface area contributed by atoms with Gasteiger partial charge < -0.3 is 9.13 Å². The Morgan fingerprint density at radius 3 is 0.862 bits per heavy atom. The van der Waals surface area contributed by atoms with Crippen molar-refractivity contribution in [2.24, 2.45) is 0 Å². The Morgan fingerprint density at radius 2 is 0.517 bits per heavy atom. The first-order valence-electron chi connectivity index (χ1n) is 19.5. The third-order valence-electron chi connectivity index (χ3n) is 11.5. The molecule has 0 saturated heterocycles. The highest BCUT2D eigenvalue weighted by Gasteiger charge is 2.16. The fourth-order valence-corrected chi connectivity index (χ4v) is 9.80. The summed E-state index contributed by atoms with van der Waals surface area (Å²) in [7, 11) is 0. The monoisotopic (exact) mass is 868 g/mol. The molecule has 0 unspecified atom stereocenters. The summed E-state index contributed by atoms with van der Waals surface area (Å²) in [5.74, 6) is 0. The van der Waals surface area contributed by atoms with Crippen molar-refractivity contribution in [3.05, 3.63) is 215 Å². The number of hydrogen-bond acceptors (Lipinski definition) is 0. The van der Waals surface area contributed by atoms with Crippen LogP contribution >= 0.6 is 31.9 Å². The van der Waals surface area contributed by atoms with Crippen LogP contribution in [0.3, 0.4) is 0 Å². The zero-order valence-electron chi connectivity index (χ0n) is 31.3. The standard InChI is InChI=1S/C54H34Br2N2/c55-35-15-13-17-37(31-35)57-51-29-11-9-27-47(51)43-23-5-1-19-39(43)41-21-3-7-25-45(41)49-33-50-46-26-8-4-22-42(46)40-20-2-6-24-44(40)48-28-10-12-30-52(48)58(54(50)34-53(49)57)38-18-14-16-36(56)32-38/h1-34H. The van der Waals surface area contributed by atoms with E-state index in [4.69, 9.17) is 0 Å². The minimum absolute atomic E-state index is 1.02. The summed E-state index contributed by atoms with van der Waals surface area (Å²) in [6.45, 7) is 0. The Morgan fingerprint density at radius 1 is 0.224 bits per heavy atom. The molecule has 11 rings (SSSR count). The molecule has 0 spiro atoms. The molecule has 4 heteroatoms. The highest BCUT2D eigenvalue weighted by molar-refractivity contribution is 9.10. The lowest BCUT2D eigenvalue weighted by Gasteiger charge is -2.18. The lowest BCUT2D eigenvalue weighted by atomic mass is 9.98. The van der Waals surface area contributed by atoms with E-state index in [1.807, 2.05) is 0 Å². The number of benzene rings is 9. The Kier molecular flexibility index (Phi) is 8.50. The van der Waals surface area contributed by atoms with Gasteiger partial charge in [-0.15, -0.1) is 0 Å². The van der Waals surface area contributed by atoms with Gasteiger partial charge in [0.2, 0.25) is 0 Å². The van der Waals surface area contributed by atoms with Crippen molar-refractivity contribution in [1.29, 1.82) is 0 Å². The van der Waals surface area contributed by atoms with E-state index in [1.165, 1.54) is 53.9 Å². The van der Waals surface area contributed by atoms with Crippen LogP contribution in [0.1, 0.15) is 0 Å². The average molecular weight is 871 g/mol. The average Bonchev–Trinajstić information content (AvgIpc) is 3.34. The predicted molar refractivity (Wildman–Crippen MR) is 256 cm³/mol. The second kappa shape index (κ2) is 14.2. The molecule has 0 aliphatic carbocycles. The van der Waals surface area contributed by atoms with E-state index in [9.17, 15) is 0 Å². The number of rotatable bonds is 2. The molecule has 0 saturated carbocycles. The van der Waals surface area contributed by atoms with E-state index in [1.54, 1.807) is 0 Å². The summed E-state index contributed by atoms with van der Waals surface area (Å²) >= 11 is 7.71. The van der Waals surface area contributed by atoms with Gasteiger partial charge in [-0.2, -0.15) is 0 Å². The fraction of sp³-hybridized carbons (Fsp3) is 0. The van der Waals surface area contributed by atoms with Crippen LogP contribution in [0.4, 0.5) is 0 Å². The van der Waals surface area contributed by atoms with Crippen LogP contribution in [-0.2, 0) is 0 Å². The summed E-state index contributed by atoms with van der Waals surface area (Å²) in [5.41, 5.74) is 6.49. The molecule has 9 aromatic carbocycles. The summed E-state index contributed by atoms with van der Waals surface area (Å²) in [4.78, 5) is 0. The lowest BCUT2D eigenvalue weighted by Crippen LogP contribution is -2.01. The van der Waals surface area contributed by atoms with Gasteiger partial charge in [0.1, 0.15) is 0 Å². The van der Waals surface area contributed by atoms with E-state index < -0.39 is 0 Å². The molecule has 0 amide bonds. The van der Waals surface area contributed by atoms with Crippen molar-refractivity contribution >= 4 is 119 Å². The second-order valence-corrected chi connectivity index (χ2v) is 16.6. The van der Waals surface area contributed by atoms with Crippen molar-refractivity contribution < 1.29 is 0 Å². The second-order valence-electron chi connectivity index (χ2n) is 14.7. The number of aromatic nitrogens is 2.